The van der Waals surface area contributed by atoms with Crippen LogP contribution in [-0.2, 0) is 0 Å². The normalized spacial score (nSPS) is 9.40. The van der Waals surface area contributed by atoms with Gasteiger partial charge in [0.05, 0.1) is 5.69 Å². The zero-order valence-electron chi connectivity index (χ0n) is 9.89. The van der Waals surface area contributed by atoms with Crippen molar-refractivity contribution in [1.29, 1.82) is 10.5 Å². The summed E-state index contributed by atoms with van der Waals surface area (Å²) in [7, 11) is 0. The van der Waals surface area contributed by atoms with E-state index in [-0.39, 0.29) is 16.8 Å². The van der Waals surface area contributed by atoms with E-state index in [9.17, 15) is 8.78 Å². The molecule has 0 amide bonds. The Morgan fingerprint density at radius 2 is 2.05 bits per heavy atom. The molecule has 0 fully saturated rings. The number of hydrogen-bond acceptors (Lipinski definition) is 5. The maximum absolute atomic E-state index is 13.6. The number of allylic oxidation sites excluding steroid dienone is 1. The van der Waals surface area contributed by atoms with Crippen LogP contribution in [0.2, 0.25) is 0 Å². The van der Waals surface area contributed by atoms with Gasteiger partial charge in [0.25, 0.3) is 0 Å². The molecule has 98 valence electrons. The lowest BCUT2D eigenvalue weighted by molar-refractivity contribution is 0.603. The number of nitrogens with zero attached hydrogens (tertiary/aromatic N) is 3. The third-order valence-electron chi connectivity index (χ3n) is 2.29. The molecule has 2 rings (SSSR count). The molecule has 0 aliphatic rings. The van der Waals surface area contributed by atoms with E-state index in [1.807, 2.05) is 0 Å². The molecule has 7 heteroatoms. The fraction of sp³-hybridized carbons (Fsp3) is 0. The van der Waals surface area contributed by atoms with Crippen LogP contribution in [0.25, 0.3) is 11.3 Å². The van der Waals surface area contributed by atoms with E-state index < -0.39 is 11.6 Å². The van der Waals surface area contributed by atoms with E-state index in [1.165, 1.54) is 6.20 Å². The molecule has 2 aromatic rings. The van der Waals surface area contributed by atoms with Gasteiger partial charge in [0, 0.05) is 17.1 Å². The SMILES string of the molecule is N#CC(C#N)=CNc1nc(-c2cc(F)ccc2F)cs1. The van der Waals surface area contributed by atoms with E-state index in [1.54, 1.807) is 17.5 Å². The van der Waals surface area contributed by atoms with Crippen LogP contribution in [0.15, 0.2) is 35.4 Å². The number of nitrogens with one attached hydrogen (secondary N) is 1. The Balaban J connectivity index is 2.26. The average molecular weight is 288 g/mol. The number of halogens is 2. The molecule has 0 unspecified atom stereocenters. The first-order valence-corrected chi connectivity index (χ1v) is 6.20. The molecule has 0 bridgehead atoms. The summed E-state index contributed by atoms with van der Waals surface area (Å²) in [5.74, 6) is -1.13. The van der Waals surface area contributed by atoms with Gasteiger partial charge in [-0.25, -0.2) is 13.8 Å². The minimum Gasteiger partial charge on any atom is -0.336 e. The first-order chi connectivity index (χ1) is 9.63. The number of benzene rings is 1. The Labute approximate surface area is 117 Å². The second-order valence-electron chi connectivity index (χ2n) is 3.59. The summed E-state index contributed by atoms with van der Waals surface area (Å²) >= 11 is 1.15. The first-order valence-electron chi connectivity index (χ1n) is 5.32. The fourth-order valence-electron chi connectivity index (χ4n) is 1.38. The van der Waals surface area contributed by atoms with Gasteiger partial charge in [-0.1, -0.05) is 0 Å². The van der Waals surface area contributed by atoms with Gasteiger partial charge in [-0.2, -0.15) is 10.5 Å². The van der Waals surface area contributed by atoms with Crippen molar-refractivity contribution >= 4 is 16.5 Å². The Morgan fingerprint density at radius 1 is 1.30 bits per heavy atom. The second kappa shape index (κ2) is 5.91. The van der Waals surface area contributed by atoms with Crippen LogP contribution < -0.4 is 5.32 Å². The van der Waals surface area contributed by atoms with Crippen molar-refractivity contribution in [2.75, 3.05) is 5.32 Å². The van der Waals surface area contributed by atoms with Crippen molar-refractivity contribution in [2.24, 2.45) is 0 Å². The van der Waals surface area contributed by atoms with Crippen molar-refractivity contribution in [3.05, 3.63) is 47.0 Å². The van der Waals surface area contributed by atoms with Crippen molar-refractivity contribution < 1.29 is 8.78 Å². The van der Waals surface area contributed by atoms with Crippen LogP contribution in [0.5, 0.6) is 0 Å². The standard InChI is InChI=1S/C13H6F2N4S/c14-9-1-2-11(15)10(3-9)12-7-20-13(19-12)18-6-8(4-16)5-17/h1-3,6-7H,(H,18,19). The Bertz CT molecular complexity index is 736. The van der Waals surface area contributed by atoms with E-state index in [0.29, 0.717) is 5.13 Å². The summed E-state index contributed by atoms with van der Waals surface area (Å²) in [6, 6.07) is 6.47. The van der Waals surface area contributed by atoms with Crippen LogP contribution in [0.3, 0.4) is 0 Å². The summed E-state index contributed by atoms with van der Waals surface area (Å²) in [5.41, 5.74) is 0.219. The van der Waals surface area contributed by atoms with Crippen LogP contribution in [-0.4, -0.2) is 4.98 Å². The van der Waals surface area contributed by atoms with Gasteiger partial charge in [0.1, 0.15) is 29.3 Å². The van der Waals surface area contributed by atoms with Crippen molar-refractivity contribution in [3.8, 4) is 23.4 Å². The second-order valence-corrected chi connectivity index (χ2v) is 4.45. The van der Waals surface area contributed by atoms with Crippen molar-refractivity contribution in [1.82, 2.24) is 4.98 Å². The molecule has 0 aliphatic heterocycles. The molecule has 0 radical (unpaired) electrons. The maximum atomic E-state index is 13.6. The molecular formula is C13H6F2N4S. The lowest BCUT2D eigenvalue weighted by Gasteiger charge is -1.99. The molecule has 0 saturated heterocycles. The zero-order valence-corrected chi connectivity index (χ0v) is 10.7. The first kappa shape index (κ1) is 13.7. The number of anilines is 1. The predicted octanol–water partition coefficient (Wildman–Crippen LogP) is 3.43. The van der Waals surface area contributed by atoms with E-state index in [4.69, 9.17) is 10.5 Å². The Hall–Kier alpha value is -2.77. The average Bonchev–Trinajstić information content (AvgIpc) is 2.91. The summed E-state index contributed by atoms with van der Waals surface area (Å²) in [6.45, 7) is 0. The Morgan fingerprint density at radius 3 is 2.75 bits per heavy atom. The quantitative estimate of drug-likeness (QED) is 0.878. The minimum absolute atomic E-state index is 0.0547. The third-order valence-corrected chi connectivity index (χ3v) is 3.06. The molecule has 0 saturated carbocycles. The number of thiazole rings is 1. The number of rotatable bonds is 3. The lowest BCUT2D eigenvalue weighted by atomic mass is 10.1. The molecule has 4 nitrogen and oxygen atoms in total. The summed E-state index contributed by atoms with van der Waals surface area (Å²) in [4.78, 5) is 4.06. The third kappa shape index (κ3) is 2.97. The highest BCUT2D eigenvalue weighted by molar-refractivity contribution is 7.14. The van der Waals surface area contributed by atoms with E-state index in [2.05, 4.69) is 10.3 Å². The van der Waals surface area contributed by atoms with Gasteiger partial charge in [-0.05, 0) is 18.2 Å². The van der Waals surface area contributed by atoms with Gasteiger partial charge >= 0.3 is 0 Å². The highest BCUT2D eigenvalue weighted by Crippen LogP contribution is 2.27. The predicted molar refractivity (Wildman–Crippen MR) is 70.4 cm³/mol. The highest BCUT2D eigenvalue weighted by atomic mass is 32.1. The van der Waals surface area contributed by atoms with Crippen molar-refractivity contribution in [2.45, 2.75) is 0 Å². The van der Waals surface area contributed by atoms with Gasteiger partial charge in [-0.3, -0.25) is 0 Å². The minimum atomic E-state index is -0.575. The fourth-order valence-corrected chi connectivity index (χ4v) is 2.06. The van der Waals surface area contributed by atoms with Crippen LogP contribution >= 0.6 is 11.3 Å². The Kier molecular flexibility index (Phi) is 4.04. The summed E-state index contributed by atoms with van der Waals surface area (Å²) < 4.78 is 26.7. The lowest BCUT2D eigenvalue weighted by Crippen LogP contribution is -1.90. The maximum Gasteiger partial charge on any atom is 0.187 e. The molecule has 1 N–H and O–H groups in total. The molecule has 20 heavy (non-hydrogen) atoms. The van der Waals surface area contributed by atoms with E-state index >= 15 is 0 Å². The number of aromatic nitrogens is 1. The summed E-state index contributed by atoms with van der Waals surface area (Å²) in [5, 5.41) is 21.7. The molecule has 0 aliphatic carbocycles. The topological polar surface area (TPSA) is 72.5 Å². The molecule has 0 atom stereocenters. The molecule has 1 aromatic heterocycles. The van der Waals surface area contributed by atoms with Gasteiger partial charge in [-0.15, -0.1) is 11.3 Å². The van der Waals surface area contributed by atoms with Crippen molar-refractivity contribution in [3.63, 3.8) is 0 Å². The molecule has 1 aromatic carbocycles. The molecule has 0 spiro atoms. The molecule has 1 heterocycles. The van der Waals surface area contributed by atoms with Gasteiger partial charge < -0.3 is 5.32 Å². The molecular weight excluding hydrogens is 282 g/mol. The number of nitriles is 2. The van der Waals surface area contributed by atoms with Gasteiger partial charge in [0.2, 0.25) is 0 Å². The van der Waals surface area contributed by atoms with Crippen LogP contribution in [0, 0.1) is 34.3 Å². The van der Waals surface area contributed by atoms with E-state index in [0.717, 1.165) is 29.5 Å². The van der Waals surface area contributed by atoms with Crippen LogP contribution in [0.4, 0.5) is 13.9 Å². The largest absolute Gasteiger partial charge is 0.336 e. The zero-order chi connectivity index (χ0) is 14.5. The van der Waals surface area contributed by atoms with Crippen LogP contribution in [0.1, 0.15) is 0 Å². The monoisotopic (exact) mass is 288 g/mol. The number of hydrogen-bond donors (Lipinski definition) is 1. The van der Waals surface area contributed by atoms with Gasteiger partial charge in [0.15, 0.2) is 5.13 Å². The smallest absolute Gasteiger partial charge is 0.187 e. The highest BCUT2D eigenvalue weighted by Gasteiger charge is 2.10. The summed E-state index contributed by atoms with van der Waals surface area (Å²) in [6.07, 6.45) is 1.20.